The van der Waals surface area contributed by atoms with E-state index in [2.05, 4.69) is 57.8 Å². The largest absolute Gasteiger partial charge is 0.316 e. The van der Waals surface area contributed by atoms with Gasteiger partial charge < -0.3 is 10.6 Å². The number of hydrogen-bond acceptors (Lipinski definition) is 2. The van der Waals surface area contributed by atoms with Crippen LogP contribution in [0, 0.1) is 5.92 Å². The summed E-state index contributed by atoms with van der Waals surface area (Å²) in [6.45, 7) is 5.70. The van der Waals surface area contributed by atoms with Crippen LogP contribution >= 0.6 is 15.9 Å². The summed E-state index contributed by atoms with van der Waals surface area (Å²) in [5.74, 6) is 0.790. The summed E-state index contributed by atoms with van der Waals surface area (Å²) in [5, 5.41) is 7.09. The molecule has 1 heterocycles. The summed E-state index contributed by atoms with van der Waals surface area (Å²) in [7, 11) is 0. The molecule has 2 N–H and O–H groups in total. The van der Waals surface area contributed by atoms with Gasteiger partial charge in [0.2, 0.25) is 0 Å². The van der Waals surface area contributed by atoms with Crippen molar-refractivity contribution in [3.8, 4) is 0 Å². The lowest BCUT2D eigenvalue weighted by Gasteiger charge is -2.25. The van der Waals surface area contributed by atoms with Crippen LogP contribution in [0.2, 0.25) is 0 Å². The van der Waals surface area contributed by atoms with Gasteiger partial charge in [-0.3, -0.25) is 0 Å². The Balaban J connectivity index is 1.82. The quantitative estimate of drug-likeness (QED) is 0.892. The predicted octanol–water partition coefficient (Wildman–Crippen LogP) is 3.10. The molecule has 2 atom stereocenters. The second-order valence-corrected chi connectivity index (χ2v) is 5.81. The van der Waals surface area contributed by atoms with E-state index in [0.717, 1.165) is 23.5 Å². The highest BCUT2D eigenvalue weighted by atomic mass is 79.9. The number of nitrogens with one attached hydrogen (secondary N) is 2. The zero-order valence-electron chi connectivity index (χ0n) is 10.4. The second-order valence-electron chi connectivity index (χ2n) is 4.90. The zero-order chi connectivity index (χ0) is 12.1. The van der Waals surface area contributed by atoms with Crippen LogP contribution in [0.5, 0.6) is 0 Å². The molecule has 1 aromatic rings. The Morgan fingerprint density at radius 1 is 1.53 bits per heavy atom. The Labute approximate surface area is 112 Å². The van der Waals surface area contributed by atoms with Gasteiger partial charge in [0.25, 0.3) is 0 Å². The van der Waals surface area contributed by atoms with Crippen molar-refractivity contribution in [3.63, 3.8) is 0 Å². The third-order valence-corrected chi connectivity index (χ3v) is 3.95. The first-order chi connectivity index (χ1) is 8.25. The normalized spacial score (nSPS) is 22.4. The maximum absolute atomic E-state index is 3.64. The van der Waals surface area contributed by atoms with E-state index in [0.29, 0.717) is 6.04 Å². The van der Waals surface area contributed by atoms with Crippen LogP contribution in [0.1, 0.15) is 31.4 Å². The standard InChI is InChI=1S/C14H21BrN2/c1-11(13-5-2-6-14(15)8-13)17-10-12-4-3-7-16-9-12/h2,5-6,8,11-12,16-17H,3-4,7,9-10H2,1H3/t11-,12?/m0/s1. The number of hydrogen-bond donors (Lipinski definition) is 2. The highest BCUT2D eigenvalue weighted by Crippen LogP contribution is 2.18. The van der Waals surface area contributed by atoms with Crippen molar-refractivity contribution >= 4 is 15.9 Å². The summed E-state index contributed by atoms with van der Waals surface area (Å²) in [4.78, 5) is 0. The van der Waals surface area contributed by atoms with E-state index in [-0.39, 0.29) is 0 Å². The van der Waals surface area contributed by atoms with Crippen LogP contribution < -0.4 is 10.6 Å². The molecule has 94 valence electrons. The summed E-state index contributed by atoms with van der Waals surface area (Å²) in [6.07, 6.45) is 2.67. The molecule has 1 aromatic carbocycles. The van der Waals surface area contributed by atoms with Crippen LogP contribution in [0.25, 0.3) is 0 Å². The Kier molecular flexibility index (Phi) is 5.01. The van der Waals surface area contributed by atoms with E-state index in [1.807, 2.05) is 0 Å². The molecular formula is C14H21BrN2. The van der Waals surface area contributed by atoms with Gasteiger partial charge in [0.05, 0.1) is 0 Å². The number of rotatable bonds is 4. The van der Waals surface area contributed by atoms with Gasteiger partial charge in [0.15, 0.2) is 0 Å². The molecule has 17 heavy (non-hydrogen) atoms. The fraction of sp³-hybridized carbons (Fsp3) is 0.571. The molecule has 1 aliphatic rings. The fourth-order valence-electron chi connectivity index (χ4n) is 2.34. The topological polar surface area (TPSA) is 24.1 Å². The molecule has 0 spiro atoms. The first-order valence-electron chi connectivity index (χ1n) is 6.45. The van der Waals surface area contributed by atoms with Crippen molar-refractivity contribution in [1.82, 2.24) is 10.6 Å². The maximum Gasteiger partial charge on any atom is 0.0292 e. The molecule has 2 rings (SSSR count). The van der Waals surface area contributed by atoms with Crippen LogP contribution in [-0.2, 0) is 0 Å². The average Bonchev–Trinajstić information content (AvgIpc) is 2.37. The van der Waals surface area contributed by atoms with Crippen LogP contribution in [0.4, 0.5) is 0 Å². The minimum absolute atomic E-state index is 0.425. The Morgan fingerprint density at radius 3 is 3.12 bits per heavy atom. The van der Waals surface area contributed by atoms with Gasteiger partial charge in [0, 0.05) is 10.5 Å². The molecule has 0 saturated carbocycles. The minimum Gasteiger partial charge on any atom is -0.316 e. The van der Waals surface area contributed by atoms with E-state index < -0.39 is 0 Å². The van der Waals surface area contributed by atoms with E-state index in [1.54, 1.807) is 0 Å². The van der Waals surface area contributed by atoms with Gasteiger partial charge in [-0.2, -0.15) is 0 Å². The number of piperidine rings is 1. The van der Waals surface area contributed by atoms with E-state index in [4.69, 9.17) is 0 Å². The molecular weight excluding hydrogens is 276 g/mol. The molecule has 0 aliphatic carbocycles. The van der Waals surface area contributed by atoms with Crippen LogP contribution in [-0.4, -0.2) is 19.6 Å². The molecule has 1 aliphatic heterocycles. The molecule has 3 heteroatoms. The molecule has 0 bridgehead atoms. The lowest BCUT2D eigenvalue weighted by molar-refractivity contribution is 0.348. The molecule has 0 radical (unpaired) electrons. The van der Waals surface area contributed by atoms with Crippen molar-refractivity contribution in [2.45, 2.75) is 25.8 Å². The fourth-order valence-corrected chi connectivity index (χ4v) is 2.75. The average molecular weight is 297 g/mol. The van der Waals surface area contributed by atoms with Crippen LogP contribution in [0.15, 0.2) is 28.7 Å². The van der Waals surface area contributed by atoms with Gasteiger partial charge >= 0.3 is 0 Å². The predicted molar refractivity (Wildman–Crippen MR) is 76.2 cm³/mol. The summed E-state index contributed by atoms with van der Waals surface area (Å²) in [5.41, 5.74) is 1.35. The highest BCUT2D eigenvalue weighted by Gasteiger charge is 2.14. The first-order valence-corrected chi connectivity index (χ1v) is 7.24. The molecule has 1 saturated heterocycles. The lowest BCUT2D eigenvalue weighted by atomic mass is 9.99. The first kappa shape index (κ1) is 13.1. The molecule has 0 amide bonds. The molecule has 1 unspecified atom stereocenters. The Morgan fingerprint density at radius 2 is 2.41 bits per heavy atom. The smallest absolute Gasteiger partial charge is 0.0292 e. The zero-order valence-corrected chi connectivity index (χ0v) is 12.0. The number of halogens is 1. The van der Waals surface area contributed by atoms with E-state index >= 15 is 0 Å². The van der Waals surface area contributed by atoms with Crippen molar-refractivity contribution in [3.05, 3.63) is 34.3 Å². The Bertz CT molecular complexity index is 348. The van der Waals surface area contributed by atoms with Gasteiger partial charge in [-0.15, -0.1) is 0 Å². The summed E-state index contributed by atoms with van der Waals surface area (Å²) < 4.78 is 1.16. The van der Waals surface area contributed by atoms with Gasteiger partial charge in [-0.25, -0.2) is 0 Å². The van der Waals surface area contributed by atoms with Crippen molar-refractivity contribution in [2.24, 2.45) is 5.92 Å². The minimum atomic E-state index is 0.425. The van der Waals surface area contributed by atoms with Gasteiger partial charge in [0.1, 0.15) is 0 Å². The monoisotopic (exact) mass is 296 g/mol. The van der Waals surface area contributed by atoms with Crippen LogP contribution in [0.3, 0.4) is 0 Å². The second kappa shape index (κ2) is 6.53. The molecule has 2 nitrogen and oxygen atoms in total. The van der Waals surface area contributed by atoms with Crippen molar-refractivity contribution in [1.29, 1.82) is 0 Å². The summed E-state index contributed by atoms with van der Waals surface area (Å²) in [6, 6.07) is 8.97. The molecule has 0 aromatic heterocycles. The maximum atomic E-state index is 3.64. The SMILES string of the molecule is C[C@H](NCC1CCCNC1)c1cccc(Br)c1. The Hall–Kier alpha value is -0.380. The van der Waals surface area contributed by atoms with Gasteiger partial charge in [-0.1, -0.05) is 28.1 Å². The third-order valence-electron chi connectivity index (χ3n) is 3.46. The van der Waals surface area contributed by atoms with E-state index in [9.17, 15) is 0 Å². The number of benzene rings is 1. The molecule has 1 fully saturated rings. The third kappa shape index (κ3) is 4.09. The summed E-state index contributed by atoms with van der Waals surface area (Å²) >= 11 is 3.52. The highest BCUT2D eigenvalue weighted by molar-refractivity contribution is 9.10. The van der Waals surface area contributed by atoms with Gasteiger partial charge in [-0.05, 0) is 63.0 Å². The van der Waals surface area contributed by atoms with Crippen molar-refractivity contribution < 1.29 is 0 Å². The lowest BCUT2D eigenvalue weighted by Crippen LogP contribution is -2.36. The van der Waals surface area contributed by atoms with E-state index in [1.165, 1.54) is 24.9 Å². The van der Waals surface area contributed by atoms with Crippen molar-refractivity contribution in [2.75, 3.05) is 19.6 Å².